The molecule has 5 nitrogen and oxygen atoms in total. The first-order valence-electron chi connectivity index (χ1n) is 6.05. The number of rotatable bonds is 6. The summed E-state index contributed by atoms with van der Waals surface area (Å²) in [6, 6.07) is 6.46. The highest BCUT2D eigenvalue weighted by atomic mass is 16.2. The molecular weight excluding hydrogens is 242 g/mol. The Balaban J connectivity index is 2.63. The Kier molecular flexibility index (Phi) is 5.75. The van der Waals surface area contributed by atoms with E-state index in [1.54, 1.807) is 44.3 Å². The summed E-state index contributed by atoms with van der Waals surface area (Å²) in [5.74, 6) is -0.285. The van der Waals surface area contributed by atoms with Gasteiger partial charge < -0.3 is 16.0 Å². The predicted octanol–water partition coefficient (Wildman–Crippen LogP) is 1.15. The zero-order chi connectivity index (χ0) is 14.3. The summed E-state index contributed by atoms with van der Waals surface area (Å²) < 4.78 is 0. The van der Waals surface area contributed by atoms with E-state index in [0.29, 0.717) is 17.8 Å². The molecule has 0 aliphatic rings. The van der Waals surface area contributed by atoms with E-state index in [2.05, 4.69) is 22.5 Å². The fraction of sp³-hybridized carbons (Fsp3) is 0.286. The van der Waals surface area contributed by atoms with Crippen LogP contribution in [0.5, 0.6) is 0 Å². The lowest BCUT2D eigenvalue weighted by atomic mass is 10.2. The van der Waals surface area contributed by atoms with Crippen LogP contribution < -0.4 is 16.0 Å². The molecule has 3 N–H and O–H groups in total. The molecule has 0 fully saturated rings. The van der Waals surface area contributed by atoms with Crippen molar-refractivity contribution < 1.29 is 9.59 Å². The third-order valence-corrected chi connectivity index (χ3v) is 2.65. The quantitative estimate of drug-likeness (QED) is 0.673. The highest BCUT2D eigenvalue weighted by Crippen LogP contribution is 2.09. The van der Waals surface area contributed by atoms with E-state index in [-0.39, 0.29) is 17.9 Å². The Labute approximate surface area is 113 Å². The van der Waals surface area contributed by atoms with Gasteiger partial charge in [0, 0.05) is 17.8 Å². The average Bonchev–Trinajstić information content (AvgIpc) is 2.44. The Hall–Kier alpha value is -2.14. The van der Waals surface area contributed by atoms with E-state index in [9.17, 15) is 9.59 Å². The third-order valence-electron chi connectivity index (χ3n) is 2.65. The second-order valence-corrected chi connectivity index (χ2v) is 4.08. The fourth-order valence-corrected chi connectivity index (χ4v) is 1.35. The van der Waals surface area contributed by atoms with Gasteiger partial charge in [0.05, 0.1) is 6.04 Å². The normalized spacial score (nSPS) is 11.5. The summed E-state index contributed by atoms with van der Waals surface area (Å²) in [5.41, 5.74) is 1.20. The van der Waals surface area contributed by atoms with Crippen molar-refractivity contribution in [1.29, 1.82) is 0 Å². The fourth-order valence-electron chi connectivity index (χ4n) is 1.35. The summed E-state index contributed by atoms with van der Waals surface area (Å²) in [4.78, 5) is 23.3. The highest BCUT2D eigenvalue weighted by molar-refractivity contribution is 5.97. The number of hydrogen-bond acceptors (Lipinski definition) is 3. The van der Waals surface area contributed by atoms with Gasteiger partial charge in [-0.05, 0) is 38.2 Å². The van der Waals surface area contributed by atoms with Gasteiger partial charge in [-0.25, -0.2) is 0 Å². The van der Waals surface area contributed by atoms with Gasteiger partial charge in [-0.2, -0.15) is 0 Å². The predicted molar refractivity (Wildman–Crippen MR) is 76.1 cm³/mol. The first-order chi connectivity index (χ1) is 9.08. The molecule has 5 heteroatoms. The minimum absolute atomic E-state index is 0.119. The summed E-state index contributed by atoms with van der Waals surface area (Å²) in [7, 11) is 1.72. The van der Waals surface area contributed by atoms with Crippen molar-refractivity contribution in [2.75, 3.05) is 18.9 Å². The minimum atomic E-state index is -0.268. The number of nitrogens with one attached hydrogen (secondary N) is 3. The van der Waals surface area contributed by atoms with Gasteiger partial charge in [-0.1, -0.05) is 6.08 Å². The molecule has 2 amide bonds. The molecule has 0 radical (unpaired) electrons. The van der Waals surface area contributed by atoms with Crippen LogP contribution in [0.3, 0.4) is 0 Å². The number of carbonyl (C=O) groups excluding carboxylic acids is 2. The monoisotopic (exact) mass is 261 g/mol. The molecule has 0 bridgehead atoms. The molecule has 1 aromatic rings. The molecule has 0 spiro atoms. The van der Waals surface area contributed by atoms with E-state index in [1.165, 1.54) is 0 Å². The molecule has 1 unspecified atom stereocenters. The van der Waals surface area contributed by atoms with Gasteiger partial charge in [0.15, 0.2) is 0 Å². The van der Waals surface area contributed by atoms with Gasteiger partial charge >= 0.3 is 0 Å². The minimum Gasteiger partial charge on any atom is -0.349 e. The number of benzene rings is 1. The molecule has 1 rings (SSSR count). The van der Waals surface area contributed by atoms with Crippen LogP contribution in [0.4, 0.5) is 5.69 Å². The van der Waals surface area contributed by atoms with E-state index < -0.39 is 0 Å². The largest absolute Gasteiger partial charge is 0.349 e. The van der Waals surface area contributed by atoms with Crippen LogP contribution in [-0.2, 0) is 4.79 Å². The van der Waals surface area contributed by atoms with Crippen LogP contribution >= 0.6 is 0 Å². The van der Waals surface area contributed by atoms with Crippen LogP contribution in [0.15, 0.2) is 36.9 Å². The van der Waals surface area contributed by atoms with E-state index in [1.807, 2.05) is 0 Å². The second kappa shape index (κ2) is 7.33. The zero-order valence-electron chi connectivity index (χ0n) is 11.2. The molecule has 0 saturated carbocycles. The van der Waals surface area contributed by atoms with Crippen LogP contribution in [0, 0.1) is 0 Å². The standard InChI is InChI=1S/C14H19N3O2/c1-4-9-16-14(19)11-5-7-12(8-6-11)17-13(18)10(2)15-3/h4-8,10,15H,1,9H2,2-3H3,(H,16,19)(H,17,18). The van der Waals surface area contributed by atoms with Crippen molar-refractivity contribution in [2.24, 2.45) is 0 Å². The molecule has 0 aliphatic carbocycles. The van der Waals surface area contributed by atoms with Crippen molar-refractivity contribution in [2.45, 2.75) is 13.0 Å². The van der Waals surface area contributed by atoms with Crippen molar-refractivity contribution in [3.05, 3.63) is 42.5 Å². The van der Waals surface area contributed by atoms with Crippen molar-refractivity contribution in [3.8, 4) is 0 Å². The first-order valence-corrected chi connectivity index (χ1v) is 6.05. The van der Waals surface area contributed by atoms with Gasteiger partial charge in [-0.3, -0.25) is 9.59 Å². The van der Waals surface area contributed by atoms with Crippen molar-refractivity contribution in [1.82, 2.24) is 10.6 Å². The molecule has 0 aliphatic heterocycles. The van der Waals surface area contributed by atoms with Crippen LogP contribution in [0.25, 0.3) is 0 Å². The summed E-state index contributed by atoms with van der Waals surface area (Å²) in [5, 5.41) is 8.29. The maximum atomic E-state index is 11.6. The third kappa shape index (κ3) is 4.56. The molecule has 1 atom stereocenters. The van der Waals surface area contributed by atoms with Crippen molar-refractivity contribution in [3.63, 3.8) is 0 Å². The molecule has 19 heavy (non-hydrogen) atoms. The SMILES string of the molecule is C=CCNC(=O)c1ccc(NC(=O)C(C)NC)cc1. The highest BCUT2D eigenvalue weighted by Gasteiger charge is 2.10. The van der Waals surface area contributed by atoms with Crippen molar-refractivity contribution >= 4 is 17.5 Å². The average molecular weight is 261 g/mol. The maximum Gasteiger partial charge on any atom is 0.251 e. The van der Waals surface area contributed by atoms with Gasteiger partial charge in [0.1, 0.15) is 0 Å². The summed E-state index contributed by atoms with van der Waals surface area (Å²) in [6.45, 7) is 5.73. The molecule has 0 saturated heterocycles. The number of likely N-dealkylation sites (N-methyl/N-ethyl adjacent to an activating group) is 1. The van der Waals surface area contributed by atoms with E-state index in [0.717, 1.165) is 0 Å². The molecule has 1 aromatic carbocycles. The Morgan fingerprint density at radius 3 is 2.47 bits per heavy atom. The van der Waals surface area contributed by atoms with E-state index >= 15 is 0 Å². The van der Waals surface area contributed by atoms with Crippen LogP contribution in [0.1, 0.15) is 17.3 Å². The van der Waals surface area contributed by atoms with Crippen LogP contribution in [0.2, 0.25) is 0 Å². The first kappa shape index (κ1) is 14.9. The van der Waals surface area contributed by atoms with Crippen LogP contribution in [-0.4, -0.2) is 31.4 Å². The summed E-state index contributed by atoms with van der Waals surface area (Å²) >= 11 is 0. The number of carbonyl (C=O) groups is 2. The molecule has 0 heterocycles. The second-order valence-electron chi connectivity index (χ2n) is 4.08. The zero-order valence-corrected chi connectivity index (χ0v) is 11.2. The maximum absolute atomic E-state index is 11.6. The van der Waals surface area contributed by atoms with Gasteiger partial charge in [-0.15, -0.1) is 6.58 Å². The topological polar surface area (TPSA) is 70.2 Å². The Morgan fingerprint density at radius 2 is 1.95 bits per heavy atom. The number of hydrogen-bond donors (Lipinski definition) is 3. The van der Waals surface area contributed by atoms with E-state index in [4.69, 9.17) is 0 Å². The number of amides is 2. The Bertz CT molecular complexity index is 454. The lowest BCUT2D eigenvalue weighted by Gasteiger charge is -2.11. The Morgan fingerprint density at radius 1 is 1.32 bits per heavy atom. The lowest BCUT2D eigenvalue weighted by Crippen LogP contribution is -2.35. The lowest BCUT2D eigenvalue weighted by molar-refractivity contribution is -0.117. The number of anilines is 1. The van der Waals surface area contributed by atoms with Gasteiger partial charge in [0.25, 0.3) is 5.91 Å². The smallest absolute Gasteiger partial charge is 0.251 e. The molecule has 0 aromatic heterocycles. The summed E-state index contributed by atoms with van der Waals surface area (Å²) in [6.07, 6.45) is 1.62. The molecule has 102 valence electrons. The molecular formula is C14H19N3O2. The van der Waals surface area contributed by atoms with Gasteiger partial charge in [0.2, 0.25) is 5.91 Å².